The van der Waals surface area contributed by atoms with E-state index >= 15 is 0 Å². The maximum atomic E-state index is 11.9. The minimum atomic E-state index is -1.12. The first-order valence-corrected chi connectivity index (χ1v) is 7.40. The number of pyridine rings is 1. The first-order chi connectivity index (χ1) is 10.2. The summed E-state index contributed by atoms with van der Waals surface area (Å²) >= 11 is 6.11. The fourth-order valence-corrected chi connectivity index (χ4v) is 2.66. The number of halogens is 1. The number of aliphatic hydroxyl groups is 1. The van der Waals surface area contributed by atoms with Crippen molar-refractivity contribution in [2.24, 2.45) is 0 Å². The van der Waals surface area contributed by atoms with Crippen LogP contribution in [-0.4, -0.2) is 44.8 Å². The van der Waals surface area contributed by atoms with Gasteiger partial charge in [0.15, 0.2) is 0 Å². The standard InChI is InChI=1S/C15H18ClN3O3/c1-14(2,3)22-13(20)19-7-15(21,8-19)11-6-9-10(16)4-5-17-12(9)18-11/h4-6,21H,7-8H2,1-3H3,(H,17,18). The predicted molar refractivity (Wildman–Crippen MR) is 82.8 cm³/mol. The normalized spacial score (nSPS) is 17.4. The molecule has 118 valence electrons. The Labute approximate surface area is 133 Å². The zero-order chi connectivity index (χ0) is 16.1. The molecule has 1 saturated heterocycles. The second kappa shape index (κ2) is 4.86. The predicted octanol–water partition coefficient (Wildman–Crippen LogP) is 2.65. The average molecular weight is 324 g/mol. The Bertz CT molecular complexity index is 729. The topological polar surface area (TPSA) is 78.4 Å². The Kier molecular flexibility index (Phi) is 3.34. The number of fused-ring (bicyclic) bond motifs is 1. The molecule has 7 heteroatoms. The number of aromatic amines is 1. The minimum Gasteiger partial charge on any atom is -0.444 e. The van der Waals surface area contributed by atoms with Gasteiger partial charge in [-0.25, -0.2) is 9.78 Å². The molecular weight excluding hydrogens is 306 g/mol. The van der Waals surface area contributed by atoms with E-state index in [9.17, 15) is 9.90 Å². The fraction of sp³-hybridized carbons (Fsp3) is 0.467. The molecule has 0 spiro atoms. The maximum Gasteiger partial charge on any atom is 0.410 e. The Morgan fingerprint density at radius 1 is 1.50 bits per heavy atom. The highest BCUT2D eigenvalue weighted by Gasteiger charge is 2.47. The van der Waals surface area contributed by atoms with Crippen molar-refractivity contribution in [3.63, 3.8) is 0 Å². The number of H-pyrrole nitrogens is 1. The number of carbonyl (C=O) groups excluding carboxylic acids is 1. The number of likely N-dealkylation sites (tertiary alicyclic amines) is 1. The lowest BCUT2D eigenvalue weighted by atomic mass is 9.91. The molecule has 3 heterocycles. The van der Waals surface area contributed by atoms with Gasteiger partial charge in [-0.05, 0) is 32.9 Å². The van der Waals surface area contributed by atoms with Gasteiger partial charge in [0.25, 0.3) is 0 Å². The van der Waals surface area contributed by atoms with Crippen LogP contribution < -0.4 is 0 Å². The number of carbonyl (C=O) groups is 1. The van der Waals surface area contributed by atoms with Gasteiger partial charge >= 0.3 is 6.09 Å². The van der Waals surface area contributed by atoms with Gasteiger partial charge in [0, 0.05) is 11.6 Å². The number of nitrogens with one attached hydrogen (secondary N) is 1. The molecule has 0 aromatic carbocycles. The first-order valence-electron chi connectivity index (χ1n) is 7.02. The number of amides is 1. The third-order valence-electron chi connectivity index (χ3n) is 3.54. The quantitative estimate of drug-likeness (QED) is 0.845. The molecule has 2 aromatic heterocycles. The average Bonchev–Trinajstić information content (AvgIpc) is 2.78. The molecule has 3 rings (SSSR count). The minimum absolute atomic E-state index is 0.173. The highest BCUT2D eigenvalue weighted by Crippen LogP contribution is 2.35. The molecule has 22 heavy (non-hydrogen) atoms. The molecule has 1 fully saturated rings. The van der Waals surface area contributed by atoms with Crippen molar-refractivity contribution in [1.29, 1.82) is 0 Å². The molecule has 2 N–H and O–H groups in total. The second-order valence-electron chi connectivity index (χ2n) is 6.61. The number of ether oxygens (including phenoxy) is 1. The molecule has 0 bridgehead atoms. The fourth-order valence-electron chi connectivity index (χ4n) is 2.46. The molecule has 1 aliphatic heterocycles. The van der Waals surface area contributed by atoms with E-state index in [2.05, 4.69) is 9.97 Å². The summed E-state index contributed by atoms with van der Waals surface area (Å²) in [5, 5.41) is 12.0. The van der Waals surface area contributed by atoms with Crippen LogP contribution in [0.1, 0.15) is 26.5 Å². The zero-order valence-corrected chi connectivity index (χ0v) is 13.4. The Balaban J connectivity index is 1.76. The largest absolute Gasteiger partial charge is 0.444 e. The number of nitrogens with zero attached hydrogens (tertiary/aromatic N) is 2. The van der Waals surface area contributed by atoms with Crippen LogP contribution in [0.5, 0.6) is 0 Å². The maximum absolute atomic E-state index is 11.9. The van der Waals surface area contributed by atoms with E-state index in [-0.39, 0.29) is 13.1 Å². The Morgan fingerprint density at radius 3 is 2.77 bits per heavy atom. The van der Waals surface area contributed by atoms with Crippen LogP contribution >= 0.6 is 11.6 Å². The molecular formula is C15H18ClN3O3. The Hall–Kier alpha value is -1.79. The summed E-state index contributed by atoms with van der Waals surface area (Å²) in [4.78, 5) is 20.6. The van der Waals surface area contributed by atoms with Crippen molar-refractivity contribution in [2.75, 3.05) is 13.1 Å². The highest BCUT2D eigenvalue weighted by molar-refractivity contribution is 6.35. The monoisotopic (exact) mass is 323 g/mol. The van der Waals surface area contributed by atoms with Crippen LogP contribution in [-0.2, 0) is 10.3 Å². The van der Waals surface area contributed by atoms with E-state index in [0.29, 0.717) is 16.4 Å². The van der Waals surface area contributed by atoms with Gasteiger partial charge in [0.2, 0.25) is 0 Å². The zero-order valence-electron chi connectivity index (χ0n) is 12.7. The smallest absolute Gasteiger partial charge is 0.410 e. The summed E-state index contributed by atoms with van der Waals surface area (Å²) in [5.41, 5.74) is -0.459. The van der Waals surface area contributed by atoms with Crippen LogP contribution in [0.15, 0.2) is 18.3 Å². The van der Waals surface area contributed by atoms with Crippen molar-refractivity contribution in [3.05, 3.63) is 29.0 Å². The highest BCUT2D eigenvalue weighted by atomic mass is 35.5. The molecule has 6 nitrogen and oxygen atoms in total. The molecule has 2 aromatic rings. The Morgan fingerprint density at radius 2 is 2.18 bits per heavy atom. The lowest BCUT2D eigenvalue weighted by Gasteiger charge is -2.45. The molecule has 0 saturated carbocycles. The van der Waals surface area contributed by atoms with Crippen LogP contribution in [0.4, 0.5) is 4.79 Å². The van der Waals surface area contributed by atoms with Crippen LogP contribution in [0.3, 0.4) is 0 Å². The van der Waals surface area contributed by atoms with Gasteiger partial charge in [-0.2, -0.15) is 0 Å². The van der Waals surface area contributed by atoms with E-state index < -0.39 is 17.3 Å². The van der Waals surface area contributed by atoms with Gasteiger partial charge in [-0.1, -0.05) is 11.6 Å². The number of β-amino-alcohol motifs (C(OH)–C–C–N with tert-alkyl or cyclic N) is 1. The lowest BCUT2D eigenvalue weighted by molar-refractivity contribution is -0.105. The van der Waals surface area contributed by atoms with Gasteiger partial charge < -0.3 is 19.7 Å². The number of rotatable bonds is 1. The molecule has 0 aliphatic carbocycles. The van der Waals surface area contributed by atoms with Gasteiger partial charge in [-0.3, -0.25) is 0 Å². The van der Waals surface area contributed by atoms with Crippen molar-refractivity contribution < 1.29 is 14.6 Å². The van der Waals surface area contributed by atoms with Crippen molar-refractivity contribution in [3.8, 4) is 0 Å². The summed E-state index contributed by atoms with van der Waals surface area (Å²) < 4.78 is 5.28. The number of aromatic nitrogens is 2. The van der Waals surface area contributed by atoms with Gasteiger partial charge in [-0.15, -0.1) is 0 Å². The van der Waals surface area contributed by atoms with E-state index in [1.54, 1.807) is 18.3 Å². The van der Waals surface area contributed by atoms with E-state index in [4.69, 9.17) is 16.3 Å². The molecule has 0 radical (unpaired) electrons. The number of hydrogen-bond donors (Lipinski definition) is 2. The van der Waals surface area contributed by atoms with Gasteiger partial charge in [0.1, 0.15) is 16.8 Å². The third kappa shape index (κ3) is 2.64. The molecule has 0 unspecified atom stereocenters. The lowest BCUT2D eigenvalue weighted by Crippen LogP contribution is -2.62. The van der Waals surface area contributed by atoms with Crippen LogP contribution in [0.2, 0.25) is 5.02 Å². The summed E-state index contributed by atoms with van der Waals surface area (Å²) in [7, 11) is 0. The SMILES string of the molecule is CC(C)(C)OC(=O)N1CC(O)(c2cc3c(Cl)ccnc3[nH]2)C1. The van der Waals surface area contributed by atoms with Crippen molar-refractivity contribution in [2.45, 2.75) is 32.0 Å². The molecule has 1 amide bonds. The number of hydrogen-bond acceptors (Lipinski definition) is 4. The van der Waals surface area contributed by atoms with E-state index in [1.165, 1.54) is 4.90 Å². The van der Waals surface area contributed by atoms with Gasteiger partial charge in [0.05, 0.1) is 23.8 Å². The summed E-state index contributed by atoms with van der Waals surface area (Å²) in [6, 6.07) is 3.47. The van der Waals surface area contributed by atoms with Crippen LogP contribution in [0, 0.1) is 0 Å². The first kappa shape index (κ1) is 15.1. The summed E-state index contributed by atoms with van der Waals surface area (Å²) in [6.45, 7) is 5.77. The van der Waals surface area contributed by atoms with E-state index in [0.717, 1.165) is 5.39 Å². The second-order valence-corrected chi connectivity index (χ2v) is 7.01. The van der Waals surface area contributed by atoms with Crippen LogP contribution in [0.25, 0.3) is 11.0 Å². The molecule has 1 aliphatic rings. The van der Waals surface area contributed by atoms with E-state index in [1.807, 2.05) is 20.8 Å². The van der Waals surface area contributed by atoms with Crippen molar-refractivity contribution >= 4 is 28.7 Å². The third-order valence-corrected chi connectivity index (χ3v) is 3.87. The molecule has 0 atom stereocenters. The summed E-state index contributed by atoms with van der Waals surface area (Å²) in [6.07, 6.45) is 1.17. The van der Waals surface area contributed by atoms with Crippen molar-refractivity contribution in [1.82, 2.24) is 14.9 Å². The summed E-state index contributed by atoms with van der Waals surface area (Å²) in [5.74, 6) is 0.